The van der Waals surface area contributed by atoms with Crippen LogP contribution in [0.5, 0.6) is 0 Å². The third-order valence-electron chi connectivity index (χ3n) is 3.35. The summed E-state index contributed by atoms with van der Waals surface area (Å²) in [5.74, 6) is -0.448. The molecule has 2 aliphatic rings. The largest absolute Gasteiger partial charge is 0.390 e. The number of hydrogen-bond acceptors (Lipinski definition) is 3. The van der Waals surface area contributed by atoms with Crippen molar-refractivity contribution in [2.24, 2.45) is 5.92 Å². The molecule has 3 nitrogen and oxygen atoms in total. The normalized spacial score (nSPS) is 44.8. The average molecular weight is 189 g/mol. The van der Waals surface area contributed by atoms with Crippen LogP contribution in [0, 0.1) is 5.92 Å². The minimum Gasteiger partial charge on any atom is -0.390 e. The van der Waals surface area contributed by atoms with Crippen molar-refractivity contribution in [1.29, 1.82) is 0 Å². The summed E-state index contributed by atoms with van der Waals surface area (Å²) in [5, 5.41) is 22.2. The van der Waals surface area contributed by atoms with E-state index >= 15 is 0 Å². The van der Waals surface area contributed by atoms with Gasteiger partial charge in [0, 0.05) is 18.0 Å². The van der Waals surface area contributed by atoms with Gasteiger partial charge >= 0.3 is 0 Å². The Kier molecular flexibility index (Phi) is 2.09. The summed E-state index contributed by atoms with van der Waals surface area (Å²) in [6, 6.07) is 0. The standard InChI is InChI=1S/C9H16FNO2/c1-5(10)7-8(13)6(12)4-11-9(7)2-3-9/h5-8,11-13H,2-4H2,1H3/t5-,6-,7?,8+/m1/s1. The van der Waals surface area contributed by atoms with Crippen molar-refractivity contribution in [3.63, 3.8) is 0 Å². The van der Waals surface area contributed by atoms with Gasteiger partial charge in [0.05, 0.1) is 12.2 Å². The van der Waals surface area contributed by atoms with Crippen LogP contribution in [0.3, 0.4) is 0 Å². The van der Waals surface area contributed by atoms with E-state index in [4.69, 9.17) is 0 Å². The predicted octanol–water partition coefficient (Wildman–Crippen LogP) is -0.182. The molecule has 13 heavy (non-hydrogen) atoms. The number of hydrogen-bond donors (Lipinski definition) is 3. The molecule has 1 saturated carbocycles. The summed E-state index contributed by atoms with van der Waals surface area (Å²) in [4.78, 5) is 0. The van der Waals surface area contributed by atoms with Crippen molar-refractivity contribution in [3.8, 4) is 0 Å². The van der Waals surface area contributed by atoms with Crippen LogP contribution in [0.1, 0.15) is 19.8 Å². The number of aliphatic hydroxyl groups is 2. The molecule has 1 saturated heterocycles. The van der Waals surface area contributed by atoms with E-state index in [-0.39, 0.29) is 5.54 Å². The van der Waals surface area contributed by atoms with E-state index in [2.05, 4.69) is 5.32 Å². The first-order valence-corrected chi connectivity index (χ1v) is 4.82. The first-order valence-electron chi connectivity index (χ1n) is 4.82. The van der Waals surface area contributed by atoms with Crippen molar-refractivity contribution in [3.05, 3.63) is 0 Å². The molecule has 4 heteroatoms. The topological polar surface area (TPSA) is 52.5 Å². The monoisotopic (exact) mass is 189 g/mol. The van der Waals surface area contributed by atoms with Crippen LogP contribution in [0.2, 0.25) is 0 Å². The lowest BCUT2D eigenvalue weighted by Gasteiger charge is -2.40. The summed E-state index contributed by atoms with van der Waals surface area (Å²) in [5.41, 5.74) is -0.215. The molecule has 2 rings (SSSR count). The van der Waals surface area contributed by atoms with Gasteiger partial charge in [-0.15, -0.1) is 0 Å². The highest BCUT2D eigenvalue weighted by molar-refractivity contribution is 5.14. The number of halogens is 1. The van der Waals surface area contributed by atoms with E-state index in [0.717, 1.165) is 12.8 Å². The molecule has 1 aliphatic heterocycles. The minimum atomic E-state index is -1.07. The lowest BCUT2D eigenvalue weighted by Crippen LogP contribution is -2.60. The Morgan fingerprint density at radius 3 is 2.54 bits per heavy atom. The summed E-state index contributed by atoms with van der Waals surface area (Å²) >= 11 is 0. The fourth-order valence-electron chi connectivity index (χ4n) is 2.47. The van der Waals surface area contributed by atoms with Crippen molar-refractivity contribution in [1.82, 2.24) is 5.32 Å². The highest BCUT2D eigenvalue weighted by Gasteiger charge is 2.57. The van der Waals surface area contributed by atoms with Gasteiger partial charge in [-0.25, -0.2) is 4.39 Å². The third kappa shape index (κ3) is 1.37. The molecule has 0 aromatic rings. The number of aliphatic hydroxyl groups excluding tert-OH is 2. The molecule has 1 spiro atoms. The molecule has 0 amide bonds. The zero-order valence-electron chi connectivity index (χ0n) is 7.70. The zero-order valence-corrected chi connectivity index (χ0v) is 7.70. The van der Waals surface area contributed by atoms with Crippen molar-refractivity contribution >= 4 is 0 Å². The molecule has 76 valence electrons. The number of rotatable bonds is 1. The molecule has 0 aromatic heterocycles. The maximum Gasteiger partial charge on any atom is 0.104 e. The summed E-state index contributed by atoms with van der Waals surface area (Å²) in [6.45, 7) is 1.83. The summed E-state index contributed by atoms with van der Waals surface area (Å²) in [6.07, 6.45) is -0.982. The first kappa shape index (κ1) is 9.37. The second-order valence-corrected chi connectivity index (χ2v) is 4.30. The van der Waals surface area contributed by atoms with E-state index in [1.54, 1.807) is 0 Å². The van der Waals surface area contributed by atoms with Crippen molar-refractivity contribution in [2.45, 2.75) is 43.7 Å². The van der Waals surface area contributed by atoms with Crippen LogP contribution < -0.4 is 5.32 Å². The quantitative estimate of drug-likeness (QED) is 0.536. The second kappa shape index (κ2) is 2.90. The molecule has 0 bridgehead atoms. The summed E-state index contributed by atoms with van der Waals surface area (Å²) < 4.78 is 13.2. The Morgan fingerprint density at radius 1 is 1.46 bits per heavy atom. The average Bonchev–Trinajstić information content (AvgIpc) is 2.79. The molecule has 2 fully saturated rings. The zero-order chi connectivity index (χ0) is 9.64. The lowest BCUT2D eigenvalue weighted by molar-refractivity contribution is -0.0782. The maximum absolute atomic E-state index is 13.2. The van der Waals surface area contributed by atoms with Crippen LogP contribution in [0.4, 0.5) is 4.39 Å². The molecule has 0 radical (unpaired) electrons. The van der Waals surface area contributed by atoms with Gasteiger partial charge in [0.15, 0.2) is 0 Å². The van der Waals surface area contributed by atoms with Crippen LogP contribution in [0.25, 0.3) is 0 Å². The number of nitrogens with one attached hydrogen (secondary N) is 1. The van der Waals surface area contributed by atoms with Crippen LogP contribution in [-0.2, 0) is 0 Å². The molecule has 0 aromatic carbocycles. The maximum atomic E-state index is 13.2. The van der Waals surface area contributed by atoms with E-state index < -0.39 is 24.3 Å². The molecule has 1 heterocycles. The van der Waals surface area contributed by atoms with Gasteiger partial charge in [0.25, 0.3) is 0 Å². The Hall–Kier alpha value is -0.190. The SMILES string of the molecule is C[C@@H](F)C1[C@@H](O)[C@H](O)CNC12CC2. The molecule has 1 aliphatic carbocycles. The smallest absolute Gasteiger partial charge is 0.104 e. The highest BCUT2D eigenvalue weighted by atomic mass is 19.1. The molecular formula is C9H16FNO2. The van der Waals surface area contributed by atoms with Crippen molar-refractivity contribution < 1.29 is 14.6 Å². The molecule has 4 atom stereocenters. The van der Waals surface area contributed by atoms with Crippen molar-refractivity contribution in [2.75, 3.05) is 6.54 Å². The predicted molar refractivity (Wildman–Crippen MR) is 46.0 cm³/mol. The number of β-amino-alcohol motifs (C(OH)–C–C–N with tert-alkyl or cyclic N) is 1. The summed E-state index contributed by atoms with van der Waals surface area (Å²) in [7, 11) is 0. The van der Waals surface area contributed by atoms with Gasteiger partial charge in [-0.2, -0.15) is 0 Å². The number of piperidine rings is 1. The van der Waals surface area contributed by atoms with E-state index in [1.165, 1.54) is 6.92 Å². The van der Waals surface area contributed by atoms with Crippen LogP contribution in [-0.4, -0.2) is 40.7 Å². The van der Waals surface area contributed by atoms with Gasteiger partial charge in [-0.3, -0.25) is 0 Å². The Labute approximate surface area is 77.0 Å². The molecule has 1 unspecified atom stereocenters. The Balaban J connectivity index is 2.16. The van der Waals surface area contributed by atoms with E-state index in [0.29, 0.717) is 6.54 Å². The fourth-order valence-corrected chi connectivity index (χ4v) is 2.47. The minimum absolute atomic E-state index is 0.215. The highest BCUT2D eigenvalue weighted by Crippen LogP contribution is 2.48. The first-order chi connectivity index (χ1) is 6.07. The number of alkyl halides is 1. The molecular weight excluding hydrogens is 173 g/mol. The van der Waals surface area contributed by atoms with Gasteiger partial charge in [0.1, 0.15) is 6.17 Å². The van der Waals surface area contributed by atoms with Crippen LogP contribution in [0.15, 0.2) is 0 Å². The van der Waals surface area contributed by atoms with Crippen LogP contribution >= 0.6 is 0 Å². The van der Waals surface area contributed by atoms with E-state index in [1.807, 2.05) is 0 Å². The van der Waals surface area contributed by atoms with E-state index in [9.17, 15) is 14.6 Å². The molecule has 3 N–H and O–H groups in total. The van der Waals surface area contributed by atoms with Gasteiger partial charge in [-0.05, 0) is 19.8 Å². The van der Waals surface area contributed by atoms with Gasteiger partial charge in [0.2, 0.25) is 0 Å². The Bertz CT molecular complexity index is 206. The van der Waals surface area contributed by atoms with Gasteiger partial charge in [-0.1, -0.05) is 0 Å². The lowest BCUT2D eigenvalue weighted by atomic mass is 9.81. The Morgan fingerprint density at radius 2 is 2.08 bits per heavy atom. The van der Waals surface area contributed by atoms with Gasteiger partial charge < -0.3 is 15.5 Å². The second-order valence-electron chi connectivity index (χ2n) is 4.30. The third-order valence-corrected chi connectivity index (χ3v) is 3.35. The fraction of sp³-hybridized carbons (Fsp3) is 1.00.